The van der Waals surface area contributed by atoms with Crippen molar-refractivity contribution >= 4 is 5.84 Å². The van der Waals surface area contributed by atoms with Crippen LogP contribution in [0.15, 0.2) is 4.99 Å². The first-order valence-electron chi connectivity index (χ1n) is 6.41. The number of nitrogens with zero attached hydrogens (tertiary/aromatic N) is 1. The highest BCUT2D eigenvalue weighted by Crippen LogP contribution is 1.98. The molecular formula is C12H25N3. The van der Waals surface area contributed by atoms with Gasteiger partial charge >= 0.3 is 0 Å². The minimum atomic E-state index is 0.972. The van der Waals surface area contributed by atoms with E-state index in [4.69, 9.17) is 0 Å². The maximum absolute atomic E-state index is 4.37. The standard InChI is InChI=1S/C12H25N3/c1-2-3-4-5-8-13-9-6-7-12-14-10-11-15-12/h13H,2-11H2,1H3,(H,14,15). The number of nitrogens with one attached hydrogen (secondary N) is 2. The van der Waals surface area contributed by atoms with Gasteiger partial charge in [-0.2, -0.15) is 0 Å². The Kier molecular flexibility index (Phi) is 7.26. The van der Waals surface area contributed by atoms with E-state index in [0.717, 1.165) is 26.1 Å². The molecule has 0 amide bonds. The lowest BCUT2D eigenvalue weighted by Crippen LogP contribution is -2.21. The molecule has 0 radical (unpaired) electrons. The quantitative estimate of drug-likeness (QED) is 0.572. The molecule has 1 aliphatic heterocycles. The fourth-order valence-electron chi connectivity index (χ4n) is 1.80. The van der Waals surface area contributed by atoms with Gasteiger partial charge in [-0.25, -0.2) is 0 Å². The van der Waals surface area contributed by atoms with Gasteiger partial charge in [0.05, 0.1) is 12.4 Å². The van der Waals surface area contributed by atoms with Gasteiger partial charge in [-0.05, 0) is 25.9 Å². The van der Waals surface area contributed by atoms with Crippen LogP contribution in [-0.4, -0.2) is 32.0 Å². The summed E-state index contributed by atoms with van der Waals surface area (Å²) in [7, 11) is 0. The molecule has 15 heavy (non-hydrogen) atoms. The van der Waals surface area contributed by atoms with Crippen LogP contribution in [0.5, 0.6) is 0 Å². The third-order valence-corrected chi connectivity index (χ3v) is 2.72. The molecule has 0 aliphatic carbocycles. The third kappa shape index (κ3) is 6.50. The van der Waals surface area contributed by atoms with E-state index in [9.17, 15) is 0 Å². The summed E-state index contributed by atoms with van der Waals surface area (Å²) in [6.45, 7) is 6.58. The van der Waals surface area contributed by atoms with Gasteiger partial charge in [-0.3, -0.25) is 4.99 Å². The SMILES string of the molecule is CCCCCCNCCCC1=NCCN1. The predicted molar refractivity (Wildman–Crippen MR) is 66.6 cm³/mol. The van der Waals surface area contributed by atoms with E-state index in [2.05, 4.69) is 22.5 Å². The summed E-state index contributed by atoms with van der Waals surface area (Å²) in [5, 5.41) is 6.78. The Bertz CT molecular complexity index is 178. The molecule has 0 fully saturated rings. The van der Waals surface area contributed by atoms with Crippen molar-refractivity contribution in [3.05, 3.63) is 0 Å². The van der Waals surface area contributed by atoms with E-state index in [-0.39, 0.29) is 0 Å². The van der Waals surface area contributed by atoms with E-state index in [1.165, 1.54) is 44.5 Å². The first kappa shape index (κ1) is 12.5. The molecule has 3 heteroatoms. The lowest BCUT2D eigenvalue weighted by Gasteiger charge is -2.04. The van der Waals surface area contributed by atoms with Crippen LogP contribution >= 0.6 is 0 Å². The number of hydrogen-bond donors (Lipinski definition) is 2. The molecule has 1 heterocycles. The van der Waals surface area contributed by atoms with E-state index in [1.807, 2.05) is 0 Å². The smallest absolute Gasteiger partial charge is 0.0964 e. The first-order chi connectivity index (χ1) is 7.43. The lowest BCUT2D eigenvalue weighted by atomic mass is 10.2. The largest absolute Gasteiger partial charge is 0.372 e. The Morgan fingerprint density at radius 3 is 2.80 bits per heavy atom. The van der Waals surface area contributed by atoms with Crippen molar-refractivity contribution in [2.24, 2.45) is 4.99 Å². The Balaban J connectivity index is 1.77. The van der Waals surface area contributed by atoms with Gasteiger partial charge in [-0.1, -0.05) is 26.2 Å². The van der Waals surface area contributed by atoms with Crippen molar-refractivity contribution in [3.63, 3.8) is 0 Å². The minimum absolute atomic E-state index is 0.972. The monoisotopic (exact) mass is 211 g/mol. The summed E-state index contributed by atoms with van der Waals surface area (Å²) < 4.78 is 0. The molecule has 0 spiro atoms. The van der Waals surface area contributed by atoms with Crippen molar-refractivity contribution in [1.82, 2.24) is 10.6 Å². The summed E-state index contributed by atoms with van der Waals surface area (Å²) in [6.07, 6.45) is 7.72. The molecule has 1 rings (SSSR count). The summed E-state index contributed by atoms with van der Waals surface area (Å²) in [5.41, 5.74) is 0. The average Bonchev–Trinajstić information content (AvgIpc) is 2.75. The summed E-state index contributed by atoms with van der Waals surface area (Å²) in [5.74, 6) is 1.21. The highest BCUT2D eigenvalue weighted by Gasteiger charge is 2.02. The zero-order chi connectivity index (χ0) is 10.8. The third-order valence-electron chi connectivity index (χ3n) is 2.72. The molecule has 0 aromatic carbocycles. The van der Waals surface area contributed by atoms with Crippen molar-refractivity contribution in [2.45, 2.75) is 45.4 Å². The normalized spacial score (nSPS) is 15.1. The van der Waals surface area contributed by atoms with Crippen LogP contribution in [0.1, 0.15) is 45.4 Å². The highest BCUT2D eigenvalue weighted by molar-refractivity contribution is 5.83. The van der Waals surface area contributed by atoms with Gasteiger partial charge < -0.3 is 10.6 Å². The van der Waals surface area contributed by atoms with Crippen LogP contribution in [0.2, 0.25) is 0 Å². The van der Waals surface area contributed by atoms with Crippen LogP contribution in [-0.2, 0) is 0 Å². The first-order valence-corrected chi connectivity index (χ1v) is 6.41. The summed E-state index contributed by atoms with van der Waals surface area (Å²) >= 11 is 0. The second kappa shape index (κ2) is 8.72. The van der Waals surface area contributed by atoms with E-state index in [1.54, 1.807) is 0 Å². The zero-order valence-corrected chi connectivity index (χ0v) is 10.0. The van der Waals surface area contributed by atoms with E-state index >= 15 is 0 Å². The fourth-order valence-corrected chi connectivity index (χ4v) is 1.80. The van der Waals surface area contributed by atoms with E-state index < -0.39 is 0 Å². The average molecular weight is 211 g/mol. The molecule has 88 valence electrons. The topological polar surface area (TPSA) is 36.4 Å². The van der Waals surface area contributed by atoms with Crippen molar-refractivity contribution < 1.29 is 0 Å². The van der Waals surface area contributed by atoms with Gasteiger partial charge in [0.1, 0.15) is 0 Å². The number of rotatable bonds is 9. The van der Waals surface area contributed by atoms with Crippen LogP contribution < -0.4 is 10.6 Å². The number of aliphatic imine (C=N–C) groups is 1. The van der Waals surface area contributed by atoms with Crippen LogP contribution in [0.4, 0.5) is 0 Å². The molecule has 0 saturated heterocycles. The predicted octanol–water partition coefficient (Wildman–Crippen LogP) is 1.94. The van der Waals surface area contributed by atoms with Gasteiger partial charge in [0.25, 0.3) is 0 Å². The summed E-state index contributed by atoms with van der Waals surface area (Å²) in [6, 6.07) is 0. The minimum Gasteiger partial charge on any atom is -0.372 e. The molecule has 2 N–H and O–H groups in total. The van der Waals surface area contributed by atoms with Gasteiger partial charge in [0.2, 0.25) is 0 Å². The molecular weight excluding hydrogens is 186 g/mol. The second-order valence-corrected chi connectivity index (χ2v) is 4.17. The lowest BCUT2D eigenvalue weighted by molar-refractivity contribution is 0.589. The van der Waals surface area contributed by atoms with Gasteiger partial charge in [0, 0.05) is 13.0 Å². The van der Waals surface area contributed by atoms with Crippen LogP contribution in [0, 0.1) is 0 Å². The van der Waals surface area contributed by atoms with Crippen LogP contribution in [0.3, 0.4) is 0 Å². The van der Waals surface area contributed by atoms with Crippen molar-refractivity contribution in [1.29, 1.82) is 0 Å². The number of unbranched alkanes of at least 4 members (excludes halogenated alkanes) is 3. The second-order valence-electron chi connectivity index (χ2n) is 4.17. The highest BCUT2D eigenvalue weighted by atomic mass is 15.1. The molecule has 0 aromatic heterocycles. The van der Waals surface area contributed by atoms with Crippen molar-refractivity contribution in [3.8, 4) is 0 Å². The number of amidine groups is 1. The Hall–Kier alpha value is -0.570. The summed E-state index contributed by atoms with van der Waals surface area (Å²) in [4.78, 5) is 4.37. The van der Waals surface area contributed by atoms with Crippen LogP contribution in [0.25, 0.3) is 0 Å². The molecule has 0 aromatic rings. The molecule has 0 bridgehead atoms. The van der Waals surface area contributed by atoms with E-state index in [0.29, 0.717) is 0 Å². The Morgan fingerprint density at radius 1 is 1.20 bits per heavy atom. The number of hydrogen-bond acceptors (Lipinski definition) is 3. The molecule has 0 saturated carbocycles. The maximum Gasteiger partial charge on any atom is 0.0964 e. The Morgan fingerprint density at radius 2 is 2.07 bits per heavy atom. The van der Waals surface area contributed by atoms with Gasteiger partial charge in [-0.15, -0.1) is 0 Å². The zero-order valence-electron chi connectivity index (χ0n) is 10.0. The van der Waals surface area contributed by atoms with Crippen molar-refractivity contribution in [2.75, 3.05) is 26.2 Å². The van der Waals surface area contributed by atoms with Gasteiger partial charge in [0.15, 0.2) is 0 Å². The molecule has 0 atom stereocenters. The maximum atomic E-state index is 4.37. The molecule has 3 nitrogen and oxygen atoms in total. The Labute approximate surface area is 93.7 Å². The molecule has 1 aliphatic rings. The fraction of sp³-hybridized carbons (Fsp3) is 0.917. The molecule has 0 unspecified atom stereocenters.